The summed E-state index contributed by atoms with van der Waals surface area (Å²) in [4.78, 5) is 36.3. The Morgan fingerprint density at radius 3 is 2.42 bits per heavy atom. The summed E-state index contributed by atoms with van der Waals surface area (Å²) in [5.41, 5.74) is 0.957. The third kappa shape index (κ3) is 6.02. The van der Waals surface area contributed by atoms with Gasteiger partial charge >= 0.3 is 6.09 Å². The van der Waals surface area contributed by atoms with E-state index in [1.807, 2.05) is 30.3 Å². The molecule has 1 N–H and O–H groups in total. The molecule has 1 aromatic carbocycles. The summed E-state index contributed by atoms with van der Waals surface area (Å²) in [5.74, 6) is -0.0866. The van der Waals surface area contributed by atoms with Gasteiger partial charge in [0.05, 0.1) is 0 Å². The molecule has 0 atom stereocenters. The Morgan fingerprint density at radius 1 is 1.12 bits per heavy atom. The third-order valence-electron chi connectivity index (χ3n) is 4.03. The lowest BCUT2D eigenvalue weighted by molar-refractivity contribution is -0.125. The topological polar surface area (TPSA) is 75.7 Å². The summed E-state index contributed by atoms with van der Waals surface area (Å²) in [5, 5.41) is 2.92. The van der Waals surface area contributed by atoms with Crippen molar-refractivity contribution in [3.8, 4) is 0 Å². The van der Waals surface area contributed by atoms with E-state index >= 15 is 0 Å². The molecule has 2 amide bonds. The Labute approximate surface area is 142 Å². The van der Waals surface area contributed by atoms with E-state index in [1.54, 1.807) is 4.90 Å². The second-order valence-corrected chi connectivity index (χ2v) is 6.07. The normalized spacial score (nSPS) is 15.0. The summed E-state index contributed by atoms with van der Waals surface area (Å²) < 4.78 is 5.31. The molecule has 1 heterocycles. The van der Waals surface area contributed by atoms with Crippen LogP contribution in [0.2, 0.25) is 0 Å². The SMILES string of the molecule is CC(=O)CCC(=O)NC1CCN(C(=O)OCc2ccccc2)CC1. The summed E-state index contributed by atoms with van der Waals surface area (Å²) in [7, 11) is 0. The molecule has 0 spiro atoms. The molecule has 1 fully saturated rings. The number of hydrogen-bond acceptors (Lipinski definition) is 4. The van der Waals surface area contributed by atoms with Crippen LogP contribution in [0, 0.1) is 0 Å². The van der Waals surface area contributed by atoms with Crippen molar-refractivity contribution in [2.24, 2.45) is 0 Å². The number of ether oxygens (including phenoxy) is 1. The summed E-state index contributed by atoms with van der Waals surface area (Å²) in [6.45, 7) is 2.87. The Balaban J connectivity index is 1.67. The van der Waals surface area contributed by atoms with E-state index in [2.05, 4.69) is 5.32 Å². The van der Waals surface area contributed by atoms with E-state index in [1.165, 1.54) is 6.92 Å². The molecule has 0 aliphatic carbocycles. The minimum Gasteiger partial charge on any atom is -0.445 e. The number of piperidine rings is 1. The van der Waals surface area contributed by atoms with Crippen LogP contribution in [-0.2, 0) is 20.9 Å². The molecule has 24 heavy (non-hydrogen) atoms. The predicted molar refractivity (Wildman–Crippen MR) is 89.3 cm³/mol. The maximum absolute atomic E-state index is 12.1. The van der Waals surface area contributed by atoms with Crippen LogP contribution in [0.5, 0.6) is 0 Å². The van der Waals surface area contributed by atoms with Crippen molar-refractivity contribution in [3.63, 3.8) is 0 Å². The molecule has 0 unspecified atom stereocenters. The highest BCUT2D eigenvalue weighted by atomic mass is 16.6. The van der Waals surface area contributed by atoms with Crippen LogP contribution < -0.4 is 5.32 Å². The van der Waals surface area contributed by atoms with Crippen LogP contribution in [0.1, 0.15) is 38.2 Å². The first-order chi connectivity index (χ1) is 11.5. The Morgan fingerprint density at radius 2 is 1.79 bits per heavy atom. The molecule has 0 saturated carbocycles. The summed E-state index contributed by atoms with van der Waals surface area (Å²) in [6, 6.07) is 9.61. The number of ketones is 1. The van der Waals surface area contributed by atoms with Gasteiger partial charge in [0, 0.05) is 32.0 Å². The Kier molecular flexibility index (Phi) is 6.78. The van der Waals surface area contributed by atoms with Gasteiger partial charge in [-0.25, -0.2) is 4.79 Å². The molecular formula is C18H24N2O4. The molecule has 130 valence electrons. The average molecular weight is 332 g/mol. The lowest BCUT2D eigenvalue weighted by Crippen LogP contribution is -2.46. The van der Waals surface area contributed by atoms with Gasteiger partial charge in [-0.1, -0.05) is 30.3 Å². The fourth-order valence-corrected chi connectivity index (χ4v) is 2.61. The van der Waals surface area contributed by atoms with Crippen LogP contribution in [0.3, 0.4) is 0 Å². The van der Waals surface area contributed by atoms with Crippen molar-refractivity contribution in [1.82, 2.24) is 10.2 Å². The molecule has 0 bridgehead atoms. The standard InChI is InChI=1S/C18H24N2O4/c1-14(21)7-8-17(22)19-16-9-11-20(12-10-16)18(23)24-13-15-5-3-2-4-6-15/h2-6,16H,7-13H2,1H3,(H,19,22). The number of hydrogen-bond donors (Lipinski definition) is 1. The fraction of sp³-hybridized carbons (Fsp3) is 0.500. The molecule has 2 rings (SSSR count). The number of amides is 2. The first kappa shape index (κ1) is 18.0. The largest absolute Gasteiger partial charge is 0.445 e. The number of benzene rings is 1. The molecule has 1 aromatic rings. The highest BCUT2D eigenvalue weighted by molar-refractivity contribution is 5.83. The minimum atomic E-state index is -0.319. The van der Waals surface area contributed by atoms with Crippen LogP contribution in [0.25, 0.3) is 0 Å². The molecule has 1 aliphatic rings. The monoisotopic (exact) mass is 332 g/mol. The zero-order valence-electron chi connectivity index (χ0n) is 14.0. The molecule has 1 aliphatic heterocycles. The lowest BCUT2D eigenvalue weighted by atomic mass is 10.0. The van der Waals surface area contributed by atoms with E-state index < -0.39 is 0 Å². The first-order valence-corrected chi connectivity index (χ1v) is 8.29. The van der Waals surface area contributed by atoms with Gasteiger partial charge in [0.2, 0.25) is 5.91 Å². The van der Waals surface area contributed by atoms with E-state index in [9.17, 15) is 14.4 Å². The van der Waals surface area contributed by atoms with Crippen LogP contribution in [0.15, 0.2) is 30.3 Å². The smallest absolute Gasteiger partial charge is 0.410 e. The van der Waals surface area contributed by atoms with Gasteiger partial charge in [0.15, 0.2) is 0 Å². The van der Waals surface area contributed by atoms with Crippen molar-refractivity contribution in [1.29, 1.82) is 0 Å². The maximum Gasteiger partial charge on any atom is 0.410 e. The summed E-state index contributed by atoms with van der Waals surface area (Å²) in [6.07, 6.45) is 1.59. The zero-order chi connectivity index (χ0) is 17.4. The van der Waals surface area contributed by atoms with E-state index in [0.717, 1.165) is 5.56 Å². The van der Waals surface area contributed by atoms with Crippen molar-refractivity contribution in [2.75, 3.05) is 13.1 Å². The van der Waals surface area contributed by atoms with Gasteiger partial charge in [-0.15, -0.1) is 0 Å². The molecule has 0 radical (unpaired) electrons. The minimum absolute atomic E-state index is 0.0149. The van der Waals surface area contributed by atoms with Gasteiger partial charge in [-0.2, -0.15) is 0 Å². The van der Waals surface area contributed by atoms with Crippen LogP contribution in [-0.4, -0.2) is 41.8 Å². The highest BCUT2D eigenvalue weighted by Crippen LogP contribution is 2.13. The number of Topliss-reactive ketones (excluding diaryl/α,β-unsaturated/α-hetero) is 1. The highest BCUT2D eigenvalue weighted by Gasteiger charge is 2.24. The lowest BCUT2D eigenvalue weighted by Gasteiger charge is -2.31. The van der Waals surface area contributed by atoms with Gasteiger partial charge < -0.3 is 19.7 Å². The van der Waals surface area contributed by atoms with E-state index in [0.29, 0.717) is 25.9 Å². The summed E-state index contributed by atoms with van der Waals surface area (Å²) >= 11 is 0. The average Bonchev–Trinajstić information content (AvgIpc) is 2.59. The number of likely N-dealkylation sites (tertiary alicyclic amines) is 1. The van der Waals surface area contributed by atoms with Crippen molar-refractivity contribution in [3.05, 3.63) is 35.9 Å². The van der Waals surface area contributed by atoms with Gasteiger partial charge in [-0.05, 0) is 25.3 Å². The van der Waals surface area contributed by atoms with Gasteiger partial charge in [0.25, 0.3) is 0 Å². The number of carbonyl (C=O) groups is 3. The molecule has 0 aromatic heterocycles. The van der Waals surface area contributed by atoms with E-state index in [-0.39, 0.29) is 43.3 Å². The van der Waals surface area contributed by atoms with E-state index in [4.69, 9.17) is 4.74 Å². The number of rotatable bonds is 6. The first-order valence-electron chi connectivity index (χ1n) is 8.29. The zero-order valence-corrected chi connectivity index (χ0v) is 14.0. The fourth-order valence-electron chi connectivity index (χ4n) is 2.61. The van der Waals surface area contributed by atoms with Crippen molar-refractivity contribution >= 4 is 17.8 Å². The Hall–Kier alpha value is -2.37. The quantitative estimate of drug-likeness (QED) is 0.867. The van der Waals surface area contributed by atoms with Gasteiger partial charge in [0.1, 0.15) is 12.4 Å². The second-order valence-electron chi connectivity index (χ2n) is 6.07. The second kappa shape index (κ2) is 9.05. The van der Waals surface area contributed by atoms with Crippen molar-refractivity contribution in [2.45, 2.75) is 45.3 Å². The maximum atomic E-state index is 12.1. The van der Waals surface area contributed by atoms with Crippen molar-refractivity contribution < 1.29 is 19.1 Å². The predicted octanol–water partition coefficient (Wildman–Crippen LogP) is 2.27. The third-order valence-corrected chi connectivity index (χ3v) is 4.03. The Bertz CT molecular complexity index is 566. The molecule has 6 nitrogen and oxygen atoms in total. The number of carbonyl (C=O) groups excluding carboxylic acids is 3. The van der Waals surface area contributed by atoms with Crippen LogP contribution >= 0.6 is 0 Å². The molecule has 6 heteroatoms. The molecular weight excluding hydrogens is 308 g/mol. The number of nitrogens with zero attached hydrogens (tertiary/aromatic N) is 1. The number of nitrogens with one attached hydrogen (secondary N) is 1. The molecule has 1 saturated heterocycles. The van der Waals surface area contributed by atoms with Gasteiger partial charge in [-0.3, -0.25) is 4.79 Å². The van der Waals surface area contributed by atoms with Crippen LogP contribution in [0.4, 0.5) is 4.79 Å².